The van der Waals surface area contributed by atoms with Gasteiger partial charge in [0.2, 0.25) is 0 Å². The van der Waals surface area contributed by atoms with Crippen molar-refractivity contribution in [3.63, 3.8) is 0 Å². The number of nitro groups is 1. The molecule has 2 aromatic rings. The molecular weight excluding hydrogens is 274 g/mol. The second-order valence-corrected chi connectivity index (χ2v) is 4.71. The van der Waals surface area contributed by atoms with Crippen LogP contribution in [0.25, 0.3) is 0 Å². The van der Waals surface area contributed by atoms with E-state index in [4.69, 9.17) is 11.6 Å². The van der Waals surface area contributed by atoms with Gasteiger partial charge in [-0.3, -0.25) is 10.1 Å². The van der Waals surface area contributed by atoms with Gasteiger partial charge in [0.05, 0.1) is 4.92 Å². The van der Waals surface area contributed by atoms with Crippen LogP contribution in [0.5, 0.6) is 0 Å². The molecule has 0 radical (unpaired) electrons. The van der Waals surface area contributed by atoms with E-state index in [2.05, 4.69) is 9.97 Å². The van der Waals surface area contributed by atoms with Crippen LogP contribution in [0, 0.1) is 10.1 Å². The summed E-state index contributed by atoms with van der Waals surface area (Å²) >= 11 is 7.15. The Balaban J connectivity index is 2.11. The lowest BCUT2D eigenvalue weighted by Crippen LogP contribution is -1.91. The van der Waals surface area contributed by atoms with E-state index in [1.165, 1.54) is 23.9 Å². The molecule has 0 saturated heterocycles. The van der Waals surface area contributed by atoms with Crippen molar-refractivity contribution < 1.29 is 4.92 Å². The van der Waals surface area contributed by atoms with Crippen molar-refractivity contribution in [3.8, 4) is 0 Å². The first kappa shape index (κ1) is 12.8. The maximum absolute atomic E-state index is 10.7. The molecule has 1 heterocycles. The Labute approximate surface area is 112 Å². The number of halogens is 1. The Hall–Kier alpha value is -1.66. The van der Waals surface area contributed by atoms with Gasteiger partial charge in [0, 0.05) is 24.2 Å². The summed E-state index contributed by atoms with van der Waals surface area (Å²) in [4.78, 5) is 18.4. The summed E-state index contributed by atoms with van der Waals surface area (Å²) in [6.45, 7) is 0. The van der Waals surface area contributed by atoms with Gasteiger partial charge < -0.3 is 0 Å². The Morgan fingerprint density at radius 1 is 1.33 bits per heavy atom. The molecule has 92 valence electrons. The lowest BCUT2D eigenvalue weighted by molar-refractivity contribution is -0.384. The van der Waals surface area contributed by atoms with Crippen molar-refractivity contribution in [2.24, 2.45) is 0 Å². The molecule has 0 aliphatic heterocycles. The van der Waals surface area contributed by atoms with E-state index in [0.29, 0.717) is 10.9 Å². The van der Waals surface area contributed by atoms with Gasteiger partial charge in [-0.2, -0.15) is 0 Å². The first-order valence-electron chi connectivity index (χ1n) is 4.99. The molecule has 0 atom stereocenters. The molecule has 0 amide bonds. The van der Waals surface area contributed by atoms with E-state index in [0.717, 1.165) is 5.56 Å². The fourth-order valence-electron chi connectivity index (χ4n) is 1.30. The maximum Gasteiger partial charge on any atom is 0.288 e. The minimum Gasteiger partial charge on any atom is -0.258 e. The quantitative estimate of drug-likeness (QED) is 0.372. The molecule has 0 bridgehead atoms. The van der Waals surface area contributed by atoms with Crippen LogP contribution in [-0.2, 0) is 5.75 Å². The van der Waals surface area contributed by atoms with Crippen LogP contribution < -0.4 is 0 Å². The second kappa shape index (κ2) is 5.79. The normalized spacial score (nSPS) is 10.3. The topological polar surface area (TPSA) is 68.9 Å². The van der Waals surface area contributed by atoms with E-state index in [9.17, 15) is 10.1 Å². The predicted octanol–water partition coefficient (Wildman–Crippen LogP) is 3.33. The first-order chi connectivity index (χ1) is 8.66. The molecule has 0 aliphatic carbocycles. The summed E-state index contributed by atoms with van der Waals surface area (Å²) in [5.74, 6) is 0.558. The van der Waals surface area contributed by atoms with E-state index in [1.54, 1.807) is 24.5 Å². The molecule has 0 N–H and O–H groups in total. The molecule has 7 heteroatoms. The van der Waals surface area contributed by atoms with Gasteiger partial charge in [0.1, 0.15) is 5.02 Å². The second-order valence-electron chi connectivity index (χ2n) is 3.36. The van der Waals surface area contributed by atoms with Crippen molar-refractivity contribution in [2.45, 2.75) is 10.9 Å². The van der Waals surface area contributed by atoms with Gasteiger partial charge >= 0.3 is 0 Å². The maximum atomic E-state index is 10.7. The minimum atomic E-state index is -0.491. The SMILES string of the molecule is O=[N+]([O-])c1cc(CSc2ncccn2)ccc1Cl. The number of benzene rings is 1. The molecule has 18 heavy (non-hydrogen) atoms. The molecule has 0 fully saturated rings. The van der Waals surface area contributed by atoms with Crippen molar-refractivity contribution >= 4 is 29.1 Å². The number of aromatic nitrogens is 2. The van der Waals surface area contributed by atoms with E-state index >= 15 is 0 Å². The number of hydrogen-bond donors (Lipinski definition) is 0. The molecule has 1 aromatic carbocycles. The molecule has 0 unspecified atom stereocenters. The predicted molar refractivity (Wildman–Crippen MR) is 69.7 cm³/mol. The van der Waals surface area contributed by atoms with Gasteiger partial charge in [-0.05, 0) is 17.7 Å². The summed E-state index contributed by atoms with van der Waals surface area (Å²) < 4.78 is 0. The third kappa shape index (κ3) is 3.18. The molecule has 1 aromatic heterocycles. The lowest BCUT2D eigenvalue weighted by atomic mass is 10.2. The summed E-state index contributed by atoms with van der Waals surface area (Å²) in [7, 11) is 0. The zero-order chi connectivity index (χ0) is 13.0. The fourth-order valence-corrected chi connectivity index (χ4v) is 2.23. The van der Waals surface area contributed by atoms with Crippen molar-refractivity contribution in [2.75, 3.05) is 0 Å². The molecule has 5 nitrogen and oxygen atoms in total. The Kier molecular flexibility index (Phi) is 4.11. The highest BCUT2D eigenvalue weighted by Crippen LogP contribution is 2.27. The Bertz CT molecular complexity index is 565. The highest BCUT2D eigenvalue weighted by Gasteiger charge is 2.12. The average Bonchev–Trinajstić information content (AvgIpc) is 2.38. The number of nitro benzene ring substituents is 1. The van der Waals surface area contributed by atoms with Gasteiger partial charge in [0.25, 0.3) is 5.69 Å². The number of nitrogens with zero attached hydrogens (tertiary/aromatic N) is 3. The summed E-state index contributed by atoms with van der Waals surface area (Å²) in [5.41, 5.74) is 0.729. The zero-order valence-corrected chi connectivity index (χ0v) is 10.7. The van der Waals surface area contributed by atoms with Crippen molar-refractivity contribution in [3.05, 3.63) is 57.4 Å². The average molecular weight is 282 g/mol. The van der Waals surface area contributed by atoms with E-state index < -0.39 is 4.92 Å². The first-order valence-corrected chi connectivity index (χ1v) is 6.36. The molecule has 2 rings (SSSR count). The summed E-state index contributed by atoms with van der Waals surface area (Å²) in [6, 6.07) is 6.49. The van der Waals surface area contributed by atoms with Crippen molar-refractivity contribution in [1.29, 1.82) is 0 Å². The van der Waals surface area contributed by atoms with Gasteiger partial charge in [-0.15, -0.1) is 0 Å². The number of rotatable bonds is 4. The van der Waals surface area contributed by atoms with E-state index in [-0.39, 0.29) is 10.7 Å². The summed E-state index contributed by atoms with van der Waals surface area (Å²) in [6.07, 6.45) is 3.30. The van der Waals surface area contributed by atoms with Crippen LogP contribution in [0.3, 0.4) is 0 Å². The number of thioether (sulfide) groups is 1. The molecule has 0 aliphatic rings. The minimum absolute atomic E-state index is 0.0799. The van der Waals surface area contributed by atoms with Crippen LogP contribution in [0.15, 0.2) is 41.8 Å². The third-order valence-electron chi connectivity index (χ3n) is 2.12. The highest BCUT2D eigenvalue weighted by molar-refractivity contribution is 7.98. The Morgan fingerprint density at radius 3 is 2.72 bits per heavy atom. The molecular formula is C11H8ClN3O2S. The van der Waals surface area contributed by atoms with Crippen LogP contribution in [0.4, 0.5) is 5.69 Å². The fraction of sp³-hybridized carbons (Fsp3) is 0.0909. The van der Waals surface area contributed by atoms with Gasteiger partial charge in [-0.1, -0.05) is 29.4 Å². The van der Waals surface area contributed by atoms with Crippen LogP contribution in [0.2, 0.25) is 5.02 Å². The largest absolute Gasteiger partial charge is 0.288 e. The standard InChI is InChI=1S/C11H8ClN3O2S/c12-9-3-2-8(6-10(9)15(16)17)7-18-11-13-4-1-5-14-11/h1-6H,7H2. The van der Waals surface area contributed by atoms with Crippen LogP contribution in [0.1, 0.15) is 5.56 Å². The highest BCUT2D eigenvalue weighted by atomic mass is 35.5. The molecule has 0 saturated carbocycles. The lowest BCUT2D eigenvalue weighted by Gasteiger charge is -2.01. The van der Waals surface area contributed by atoms with Gasteiger partial charge in [-0.25, -0.2) is 9.97 Å². The zero-order valence-electron chi connectivity index (χ0n) is 9.12. The molecule has 0 spiro atoms. The van der Waals surface area contributed by atoms with Crippen LogP contribution in [-0.4, -0.2) is 14.9 Å². The Morgan fingerprint density at radius 2 is 2.06 bits per heavy atom. The van der Waals surface area contributed by atoms with Crippen LogP contribution >= 0.6 is 23.4 Å². The van der Waals surface area contributed by atoms with E-state index in [1.807, 2.05) is 0 Å². The summed E-state index contributed by atoms with van der Waals surface area (Å²) in [5, 5.41) is 11.5. The number of hydrogen-bond acceptors (Lipinski definition) is 5. The smallest absolute Gasteiger partial charge is 0.258 e. The monoisotopic (exact) mass is 281 g/mol. The third-order valence-corrected chi connectivity index (χ3v) is 3.38. The van der Waals surface area contributed by atoms with Gasteiger partial charge in [0.15, 0.2) is 5.16 Å². The van der Waals surface area contributed by atoms with Crippen molar-refractivity contribution in [1.82, 2.24) is 9.97 Å².